The van der Waals surface area contributed by atoms with E-state index in [2.05, 4.69) is 0 Å². The Morgan fingerprint density at radius 3 is 2.44 bits per heavy atom. The minimum absolute atomic E-state index is 0.0511. The number of hydrogen-bond acceptors (Lipinski definition) is 7. The van der Waals surface area contributed by atoms with Crippen LogP contribution in [-0.4, -0.2) is 40.8 Å². The Morgan fingerprint density at radius 2 is 1.76 bits per heavy atom. The second-order valence-corrected chi connectivity index (χ2v) is 5.54. The first kappa shape index (κ1) is 16.6. The summed E-state index contributed by atoms with van der Waals surface area (Å²) in [5, 5.41) is 18.9. The first-order valence-corrected chi connectivity index (χ1v) is 7.60. The highest BCUT2D eigenvalue weighted by atomic mass is 16.6. The van der Waals surface area contributed by atoms with Gasteiger partial charge in [-0.3, -0.25) is 4.79 Å². The van der Waals surface area contributed by atoms with Crippen molar-refractivity contribution in [3.8, 4) is 23.0 Å². The smallest absolute Gasteiger partial charge is 0.351 e. The predicted octanol–water partition coefficient (Wildman–Crippen LogP) is 2.05. The van der Waals surface area contributed by atoms with Crippen LogP contribution in [0.1, 0.15) is 17.3 Å². The van der Waals surface area contributed by atoms with Gasteiger partial charge in [-0.2, -0.15) is 0 Å². The van der Waals surface area contributed by atoms with E-state index < -0.39 is 30.6 Å². The lowest BCUT2D eigenvalue weighted by atomic mass is 10.1. The lowest BCUT2D eigenvalue weighted by Crippen LogP contribution is -2.44. The maximum absolute atomic E-state index is 12.2. The maximum Gasteiger partial charge on any atom is 0.351 e. The summed E-state index contributed by atoms with van der Waals surface area (Å²) in [5.41, 5.74) is -0.0511. The van der Waals surface area contributed by atoms with E-state index in [9.17, 15) is 19.8 Å². The van der Waals surface area contributed by atoms with Crippen molar-refractivity contribution in [2.75, 3.05) is 6.61 Å². The van der Waals surface area contributed by atoms with Gasteiger partial charge in [-0.15, -0.1) is 0 Å². The molecule has 7 nitrogen and oxygen atoms in total. The van der Waals surface area contributed by atoms with Gasteiger partial charge in [0.05, 0.1) is 5.56 Å². The van der Waals surface area contributed by atoms with Crippen molar-refractivity contribution in [1.82, 2.24) is 0 Å². The van der Waals surface area contributed by atoms with Gasteiger partial charge in [-0.1, -0.05) is 12.1 Å². The molecular formula is C18H16O7. The van der Waals surface area contributed by atoms with Crippen LogP contribution in [0.25, 0.3) is 0 Å². The number of ketones is 1. The number of benzene rings is 2. The van der Waals surface area contributed by atoms with E-state index >= 15 is 0 Å². The molecule has 25 heavy (non-hydrogen) atoms. The number of aromatic hydroxyl groups is 2. The molecule has 2 N–H and O–H groups in total. The molecule has 1 heterocycles. The van der Waals surface area contributed by atoms with Crippen molar-refractivity contribution < 1.29 is 34.0 Å². The lowest BCUT2D eigenvalue weighted by molar-refractivity contribution is -0.156. The van der Waals surface area contributed by atoms with Crippen LogP contribution in [0.2, 0.25) is 0 Å². The standard InChI is InChI=1S/C18H16O7/c1-10-17(25-16-5-3-2-4-15(16)24-10)18(22)23-9-14(21)12-7-6-11(19)8-13(12)20/h2-8,10,17,19-20H,9H2,1H3. The minimum atomic E-state index is -1.00. The molecule has 2 aromatic rings. The molecule has 2 aromatic carbocycles. The molecule has 0 saturated carbocycles. The van der Waals surface area contributed by atoms with E-state index in [1.54, 1.807) is 31.2 Å². The van der Waals surface area contributed by atoms with Crippen LogP contribution in [0, 0.1) is 0 Å². The fourth-order valence-electron chi connectivity index (χ4n) is 2.43. The molecule has 0 aromatic heterocycles. The lowest BCUT2D eigenvalue weighted by Gasteiger charge is -2.30. The van der Waals surface area contributed by atoms with Crippen LogP contribution in [0.4, 0.5) is 0 Å². The number of fused-ring (bicyclic) bond motifs is 1. The quantitative estimate of drug-likeness (QED) is 0.646. The predicted molar refractivity (Wildman–Crippen MR) is 86.0 cm³/mol. The fraction of sp³-hybridized carbons (Fsp3) is 0.222. The van der Waals surface area contributed by atoms with E-state index in [4.69, 9.17) is 14.2 Å². The van der Waals surface area contributed by atoms with Gasteiger partial charge < -0.3 is 24.4 Å². The van der Waals surface area contributed by atoms with E-state index in [-0.39, 0.29) is 17.1 Å². The van der Waals surface area contributed by atoms with Crippen molar-refractivity contribution in [3.63, 3.8) is 0 Å². The van der Waals surface area contributed by atoms with Gasteiger partial charge in [-0.05, 0) is 31.2 Å². The zero-order valence-electron chi connectivity index (χ0n) is 13.3. The van der Waals surface area contributed by atoms with Crippen LogP contribution in [0.5, 0.6) is 23.0 Å². The van der Waals surface area contributed by atoms with Crippen LogP contribution in [-0.2, 0) is 9.53 Å². The number of Topliss-reactive ketones (excluding diaryl/α,β-unsaturated/α-hetero) is 1. The van der Waals surface area contributed by atoms with Crippen molar-refractivity contribution in [2.45, 2.75) is 19.1 Å². The molecule has 0 bridgehead atoms. The number of carbonyl (C=O) groups is 2. The highest BCUT2D eigenvalue weighted by molar-refractivity contribution is 6.00. The van der Waals surface area contributed by atoms with Gasteiger partial charge in [-0.25, -0.2) is 4.79 Å². The maximum atomic E-state index is 12.2. The highest BCUT2D eigenvalue weighted by Crippen LogP contribution is 2.33. The van der Waals surface area contributed by atoms with Gasteiger partial charge >= 0.3 is 5.97 Å². The molecule has 0 saturated heterocycles. The summed E-state index contributed by atoms with van der Waals surface area (Å²) in [6.07, 6.45) is -1.59. The number of rotatable bonds is 4. The van der Waals surface area contributed by atoms with E-state index in [1.165, 1.54) is 12.1 Å². The van der Waals surface area contributed by atoms with Gasteiger partial charge in [0.2, 0.25) is 11.9 Å². The first-order chi connectivity index (χ1) is 12.0. The van der Waals surface area contributed by atoms with E-state index in [0.717, 1.165) is 6.07 Å². The summed E-state index contributed by atoms with van der Waals surface area (Å²) in [5.74, 6) is -0.953. The SMILES string of the molecule is CC1Oc2ccccc2OC1C(=O)OCC(=O)c1ccc(O)cc1O. The first-order valence-electron chi connectivity index (χ1n) is 7.60. The third-order valence-electron chi connectivity index (χ3n) is 3.70. The number of ether oxygens (including phenoxy) is 3. The molecular weight excluding hydrogens is 328 g/mol. The summed E-state index contributed by atoms with van der Waals surface area (Å²) in [7, 11) is 0. The Bertz CT molecular complexity index is 815. The molecule has 0 aliphatic carbocycles. The summed E-state index contributed by atoms with van der Waals surface area (Å²) in [6, 6.07) is 10.5. The Balaban J connectivity index is 1.64. The molecule has 0 fully saturated rings. The molecule has 0 radical (unpaired) electrons. The van der Waals surface area contributed by atoms with Gasteiger partial charge in [0.1, 0.15) is 17.6 Å². The van der Waals surface area contributed by atoms with Crippen LogP contribution < -0.4 is 9.47 Å². The van der Waals surface area contributed by atoms with Crippen LogP contribution in [0.3, 0.4) is 0 Å². The minimum Gasteiger partial charge on any atom is -0.508 e. The number of carbonyl (C=O) groups excluding carboxylic acids is 2. The number of hydrogen-bond donors (Lipinski definition) is 2. The molecule has 130 valence electrons. The van der Waals surface area contributed by atoms with Crippen LogP contribution >= 0.6 is 0 Å². The summed E-state index contributed by atoms with van der Waals surface area (Å²) in [4.78, 5) is 24.3. The molecule has 1 aliphatic heterocycles. The molecule has 1 aliphatic rings. The zero-order valence-corrected chi connectivity index (χ0v) is 13.3. The third kappa shape index (κ3) is 3.50. The summed E-state index contributed by atoms with van der Waals surface area (Å²) in [6.45, 7) is 1.10. The Hall–Kier alpha value is -3.22. The van der Waals surface area contributed by atoms with Crippen molar-refractivity contribution in [2.24, 2.45) is 0 Å². The van der Waals surface area contributed by atoms with Crippen molar-refractivity contribution in [1.29, 1.82) is 0 Å². The third-order valence-corrected chi connectivity index (χ3v) is 3.70. The molecule has 3 rings (SSSR count). The summed E-state index contributed by atoms with van der Waals surface area (Å²) < 4.78 is 16.2. The van der Waals surface area contributed by atoms with Gasteiger partial charge in [0.15, 0.2) is 18.1 Å². The topological polar surface area (TPSA) is 102 Å². The monoisotopic (exact) mass is 344 g/mol. The molecule has 2 unspecified atom stereocenters. The van der Waals surface area contributed by atoms with Crippen LogP contribution in [0.15, 0.2) is 42.5 Å². The second-order valence-electron chi connectivity index (χ2n) is 5.54. The number of phenolic OH excluding ortho intramolecular Hbond substituents is 2. The molecule has 7 heteroatoms. The normalized spacial score (nSPS) is 18.4. The average molecular weight is 344 g/mol. The Labute approximate surface area is 143 Å². The molecule has 0 amide bonds. The van der Waals surface area contributed by atoms with Gasteiger partial charge in [0.25, 0.3) is 0 Å². The second kappa shape index (κ2) is 6.72. The van der Waals surface area contributed by atoms with Crippen molar-refractivity contribution in [3.05, 3.63) is 48.0 Å². The molecule has 0 spiro atoms. The number of para-hydroxylation sites is 2. The average Bonchev–Trinajstić information content (AvgIpc) is 2.58. The number of phenols is 2. The fourth-order valence-corrected chi connectivity index (χ4v) is 2.43. The largest absolute Gasteiger partial charge is 0.508 e. The van der Waals surface area contributed by atoms with Crippen molar-refractivity contribution >= 4 is 11.8 Å². The summed E-state index contributed by atoms with van der Waals surface area (Å²) >= 11 is 0. The number of esters is 1. The Kier molecular flexibility index (Phi) is 4.47. The van der Waals surface area contributed by atoms with E-state index in [0.29, 0.717) is 11.5 Å². The van der Waals surface area contributed by atoms with E-state index in [1.807, 2.05) is 0 Å². The Morgan fingerprint density at radius 1 is 1.08 bits per heavy atom. The zero-order chi connectivity index (χ0) is 18.0. The van der Waals surface area contributed by atoms with Gasteiger partial charge in [0, 0.05) is 6.07 Å². The molecule has 2 atom stereocenters. The highest BCUT2D eigenvalue weighted by Gasteiger charge is 2.35.